The minimum atomic E-state index is 0.144. The van der Waals surface area contributed by atoms with E-state index >= 15 is 0 Å². The first kappa shape index (κ1) is 14.9. The molecule has 2 aromatic rings. The van der Waals surface area contributed by atoms with E-state index in [0.29, 0.717) is 0 Å². The van der Waals surface area contributed by atoms with Crippen LogP contribution in [0.25, 0.3) is 0 Å². The summed E-state index contributed by atoms with van der Waals surface area (Å²) >= 11 is 12.6. The second kappa shape index (κ2) is 6.00. The Labute approximate surface area is 136 Å². The molecule has 0 radical (unpaired) electrons. The molecular formula is C18H19Cl2N. The van der Waals surface area contributed by atoms with Crippen LogP contribution < -0.4 is 5.32 Å². The summed E-state index contributed by atoms with van der Waals surface area (Å²) < 4.78 is 0. The molecule has 1 aliphatic carbocycles. The predicted molar refractivity (Wildman–Crippen MR) is 90.2 cm³/mol. The monoisotopic (exact) mass is 319 g/mol. The van der Waals surface area contributed by atoms with Gasteiger partial charge >= 0.3 is 0 Å². The van der Waals surface area contributed by atoms with Crippen LogP contribution in [0.3, 0.4) is 0 Å². The fraction of sp³-hybridized carbons (Fsp3) is 0.333. The largest absolute Gasteiger partial charge is 0.309 e. The molecule has 1 aliphatic rings. The molecule has 21 heavy (non-hydrogen) atoms. The fourth-order valence-electron chi connectivity index (χ4n) is 3.19. The minimum Gasteiger partial charge on any atom is -0.309 e. The smallest absolute Gasteiger partial charge is 0.0455 e. The highest BCUT2D eigenvalue weighted by Gasteiger charge is 2.51. The second-order valence-corrected chi connectivity index (χ2v) is 6.52. The molecule has 0 aliphatic heterocycles. The van der Waals surface area contributed by atoms with Crippen molar-refractivity contribution in [2.24, 2.45) is 0 Å². The molecule has 1 unspecified atom stereocenters. The number of halogens is 2. The van der Waals surface area contributed by atoms with E-state index in [9.17, 15) is 0 Å². The summed E-state index contributed by atoms with van der Waals surface area (Å²) in [5.74, 6) is 0. The first-order chi connectivity index (χ1) is 10.2. The van der Waals surface area contributed by atoms with E-state index in [1.165, 1.54) is 18.4 Å². The lowest BCUT2D eigenvalue weighted by molar-refractivity contribution is 0.439. The lowest BCUT2D eigenvalue weighted by Gasteiger charge is -2.29. The van der Waals surface area contributed by atoms with Crippen LogP contribution in [0.1, 0.15) is 36.9 Å². The van der Waals surface area contributed by atoms with Crippen molar-refractivity contribution in [3.63, 3.8) is 0 Å². The zero-order valence-corrected chi connectivity index (χ0v) is 13.6. The van der Waals surface area contributed by atoms with Crippen LogP contribution in [0.15, 0.2) is 48.5 Å². The van der Waals surface area contributed by atoms with Crippen molar-refractivity contribution in [2.45, 2.75) is 31.2 Å². The summed E-state index contributed by atoms with van der Waals surface area (Å²) in [7, 11) is 0. The third kappa shape index (κ3) is 2.83. The topological polar surface area (TPSA) is 12.0 Å². The van der Waals surface area contributed by atoms with Gasteiger partial charge in [0, 0.05) is 21.5 Å². The Bertz CT molecular complexity index is 620. The molecule has 0 amide bonds. The summed E-state index contributed by atoms with van der Waals surface area (Å²) in [6.45, 7) is 3.04. The van der Waals surface area contributed by atoms with Crippen molar-refractivity contribution in [3.05, 3.63) is 69.7 Å². The molecule has 0 spiro atoms. The predicted octanol–water partition coefficient (Wildman–Crippen LogP) is 5.38. The van der Waals surface area contributed by atoms with Gasteiger partial charge in [-0.15, -0.1) is 0 Å². The SMILES string of the molecule is CCNC(c1cc(Cl)ccc1Cl)C1(c2ccccc2)CC1. The van der Waals surface area contributed by atoms with E-state index in [1.54, 1.807) is 0 Å². The summed E-state index contributed by atoms with van der Waals surface area (Å²) in [6, 6.07) is 16.7. The lowest BCUT2D eigenvalue weighted by atomic mass is 9.83. The molecule has 0 aromatic heterocycles. The maximum absolute atomic E-state index is 6.45. The molecule has 0 saturated heterocycles. The van der Waals surface area contributed by atoms with Crippen LogP contribution in [0.5, 0.6) is 0 Å². The standard InChI is InChI=1S/C18H19Cl2N/c1-2-21-17(15-12-14(19)8-9-16(15)20)18(10-11-18)13-6-4-3-5-7-13/h3-9,12,17,21H,2,10-11H2,1H3. The number of nitrogens with one attached hydrogen (secondary N) is 1. The zero-order valence-electron chi connectivity index (χ0n) is 12.1. The average molecular weight is 320 g/mol. The Morgan fingerprint density at radius 1 is 1.10 bits per heavy atom. The van der Waals surface area contributed by atoms with Gasteiger partial charge in [0.05, 0.1) is 0 Å². The molecule has 3 rings (SSSR count). The van der Waals surface area contributed by atoms with Crippen LogP contribution in [0.2, 0.25) is 10.0 Å². The van der Waals surface area contributed by atoms with Crippen molar-refractivity contribution in [3.8, 4) is 0 Å². The van der Waals surface area contributed by atoms with E-state index in [-0.39, 0.29) is 11.5 Å². The van der Waals surface area contributed by atoms with Gasteiger partial charge in [0.15, 0.2) is 0 Å². The quantitative estimate of drug-likeness (QED) is 0.780. The van der Waals surface area contributed by atoms with Crippen molar-refractivity contribution in [1.82, 2.24) is 5.32 Å². The Morgan fingerprint density at radius 3 is 2.43 bits per heavy atom. The second-order valence-electron chi connectivity index (χ2n) is 5.68. The minimum absolute atomic E-state index is 0.144. The Hall–Kier alpha value is -1.02. The lowest BCUT2D eigenvalue weighted by Crippen LogP contribution is -2.32. The van der Waals surface area contributed by atoms with Gasteiger partial charge in [-0.05, 0) is 48.7 Å². The number of rotatable bonds is 5. The first-order valence-corrected chi connectivity index (χ1v) is 8.17. The third-order valence-corrected chi connectivity index (χ3v) is 4.95. The fourth-order valence-corrected chi connectivity index (χ4v) is 3.60. The molecule has 0 bridgehead atoms. The summed E-state index contributed by atoms with van der Waals surface area (Å²) in [5.41, 5.74) is 2.63. The van der Waals surface area contributed by atoms with Crippen molar-refractivity contribution in [1.29, 1.82) is 0 Å². The maximum atomic E-state index is 6.45. The Morgan fingerprint density at radius 2 is 1.81 bits per heavy atom. The highest BCUT2D eigenvalue weighted by Crippen LogP contribution is 2.57. The molecule has 1 fully saturated rings. The van der Waals surface area contributed by atoms with E-state index in [2.05, 4.69) is 42.6 Å². The molecule has 1 saturated carbocycles. The van der Waals surface area contributed by atoms with E-state index in [4.69, 9.17) is 23.2 Å². The van der Waals surface area contributed by atoms with E-state index < -0.39 is 0 Å². The highest BCUT2D eigenvalue weighted by molar-refractivity contribution is 6.33. The summed E-state index contributed by atoms with van der Waals surface area (Å²) in [6.07, 6.45) is 2.36. The highest BCUT2D eigenvalue weighted by atomic mass is 35.5. The Kier molecular flexibility index (Phi) is 4.26. The average Bonchev–Trinajstić information content (AvgIpc) is 3.30. The number of likely N-dealkylation sites (N-methyl/N-ethyl adjacent to an activating group) is 1. The molecule has 1 nitrogen and oxygen atoms in total. The number of hydrogen-bond donors (Lipinski definition) is 1. The molecular weight excluding hydrogens is 301 g/mol. The van der Waals surface area contributed by atoms with Crippen molar-refractivity contribution >= 4 is 23.2 Å². The maximum Gasteiger partial charge on any atom is 0.0455 e. The molecule has 2 aromatic carbocycles. The third-order valence-electron chi connectivity index (χ3n) is 4.37. The van der Waals surface area contributed by atoms with Crippen LogP contribution in [-0.2, 0) is 5.41 Å². The van der Waals surface area contributed by atoms with Crippen LogP contribution >= 0.6 is 23.2 Å². The van der Waals surface area contributed by atoms with Gasteiger partial charge in [-0.2, -0.15) is 0 Å². The van der Waals surface area contributed by atoms with E-state index in [0.717, 1.165) is 22.2 Å². The van der Waals surface area contributed by atoms with Gasteiger partial charge in [0.2, 0.25) is 0 Å². The first-order valence-electron chi connectivity index (χ1n) is 7.41. The summed E-state index contributed by atoms with van der Waals surface area (Å²) in [4.78, 5) is 0. The van der Waals surface area contributed by atoms with Gasteiger partial charge in [0.25, 0.3) is 0 Å². The van der Waals surface area contributed by atoms with Gasteiger partial charge in [0.1, 0.15) is 0 Å². The van der Waals surface area contributed by atoms with Crippen LogP contribution in [0.4, 0.5) is 0 Å². The molecule has 0 heterocycles. The normalized spacial score (nSPS) is 17.5. The van der Waals surface area contributed by atoms with Gasteiger partial charge in [-0.3, -0.25) is 0 Å². The van der Waals surface area contributed by atoms with Gasteiger partial charge in [-0.1, -0.05) is 60.5 Å². The molecule has 1 atom stereocenters. The summed E-state index contributed by atoms with van der Waals surface area (Å²) in [5, 5.41) is 5.15. The number of hydrogen-bond acceptors (Lipinski definition) is 1. The van der Waals surface area contributed by atoms with E-state index in [1.807, 2.05) is 18.2 Å². The van der Waals surface area contributed by atoms with Gasteiger partial charge < -0.3 is 5.32 Å². The zero-order chi connectivity index (χ0) is 14.9. The Balaban J connectivity index is 2.04. The number of benzene rings is 2. The van der Waals surface area contributed by atoms with Gasteiger partial charge in [-0.25, -0.2) is 0 Å². The molecule has 3 heteroatoms. The van der Waals surface area contributed by atoms with Crippen molar-refractivity contribution in [2.75, 3.05) is 6.54 Å². The molecule has 110 valence electrons. The van der Waals surface area contributed by atoms with Crippen LogP contribution in [0, 0.1) is 0 Å². The molecule has 1 N–H and O–H groups in total. The van der Waals surface area contributed by atoms with Crippen molar-refractivity contribution < 1.29 is 0 Å². The van der Waals surface area contributed by atoms with Crippen LogP contribution in [-0.4, -0.2) is 6.54 Å².